The zero-order chi connectivity index (χ0) is 18.1. The van der Waals surface area contributed by atoms with E-state index in [1.54, 1.807) is 10.8 Å². The van der Waals surface area contributed by atoms with Gasteiger partial charge >= 0.3 is 0 Å². The monoisotopic (exact) mass is 370 g/mol. The predicted molar refractivity (Wildman–Crippen MR) is 99.5 cm³/mol. The van der Waals surface area contributed by atoms with Crippen molar-refractivity contribution in [3.05, 3.63) is 52.8 Å². The maximum Gasteiger partial charge on any atom is 0.227 e. The molecular formula is C18H19ClN6O. The molecule has 0 unspecified atom stereocenters. The van der Waals surface area contributed by atoms with Crippen LogP contribution in [-0.2, 0) is 11.2 Å². The first-order valence-corrected chi connectivity index (χ1v) is 8.92. The highest BCUT2D eigenvalue weighted by Crippen LogP contribution is 2.17. The van der Waals surface area contributed by atoms with Crippen LogP contribution in [0.1, 0.15) is 11.1 Å². The zero-order valence-electron chi connectivity index (χ0n) is 14.5. The molecule has 4 rings (SSSR count). The molecule has 1 amide bonds. The predicted octanol–water partition coefficient (Wildman–Crippen LogP) is 1.98. The maximum atomic E-state index is 12.6. The Morgan fingerprint density at radius 2 is 1.96 bits per heavy atom. The molecule has 0 bridgehead atoms. The number of carbonyl (C=O) groups is 1. The van der Waals surface area contributed by atoms with E-state index in [1.807, 2.05) is 42.2 Å². The summed E-state index contributed by atoms with van der Waals surface area (Å²) in [6, 6.07) is 9.61. The first-order chi connectivity index (χ1) is 12.6. The average molecular weight is 371 g/mol. The van der Waals surface area contributed by atoms with E-state index >= 15 is 0 Å². The molecule has 26 heavy (non-hydrogen) atoms. The van der Waals surface area contributed by atoms with Crippen molar-refractivity contribution in [2.24, 2.45) is 0 Å². The molecule has 2 aromatic heterocycles. The lowest BCUT2D eigenvalue weighted by molar-refractivity contribution is -0.130. The van der Waals surface area contributed by atoms with Crippen LogP contribution in [-0.4, -0.2) is 56.8 Å². The van der Waals surface area contributed by atoms with Crippen molar-refractivity contribution in [3.8, 4) is 0 Å². The number of aryl methyl sites for hydroxylation is 1. The number of fused-ring (bicyclic) bond motifs is 1. The van der Waals surface area contributed by atoms with Gasteiger partial charge in [0.1, 0.15) is 12.1 Å². The molecule has 1 fully saturated rings. The zero-order valence-corrected chi connectivity index (χ0v) is 15.2. The number of rotatable bonds is 3. The SMILES string of the molecule is Cc1cc(Cl)cc(CC(=O)N2CCN(c3ccc4nncn4n3)CC2)c1. The summed E-state index contributed by atoms with van der Waals surface area (Å²) in [5.74, 6) is 1.00. The number of amides is 1. The molecule has 134 valence electrons. The number of hydrogen-bond acceptors (Lipinski definition) is 5. The standard InChI is InChI=1S/C18H19ClN6O/c1-13-8-14(10-15(19)9-13)11-18(26)24-6-4-23(5-7-24)17-3-2-16-21-20-12-25(16)22-17/h2-3,8-10,12H,4-7,11H2,1H3. The molecule has 8 heteroatoms. The normalized spacial score (nSPS) is 14.8. The van der Waals surface area contributed by atoms with E-state index in [2.05, 4.69) is 20.2 Å². The Labute approximate surface area is 156 Å². The minimum absolute atomic E-state index is 0.133. The number of piperazine rings is 1. The molecule has 1 saturated heterocycles. The number of nitrogens with zero attached hydrogens (tertiary/aromatic N) is 6. The van der Waals surface area contributed by atoms with Crippen molar-refractivity contribution < 1.29 is 4.79 Å². The molecule has 7 nitrogen and oxygen atoms in total. The fourth-order valence-corrected chi connectivity index (χ4v) is 3.58. The molecule has 1 aliphatic rings. The average Bonchev–Trinajstić information content (AvgIpc) is 3.08. The lowest BCUT2D eigenvalue weighted by Gasteiger charge is -2.35. The summed E-state index contributed by atoms with van der Waals surface area (Å²) < 4.78 is 1.66. The Balaban J connectivity index is 1.38. The molecule has 1 aromatic carbocycles. The van der Waals surface area contributed by atoms with Gasteiger partial charge in [-0.2, -0.15) is 4.52 Å². The van der Waals surface area contributed by atoms with Crippen molar-refractivity contribution in [2.45, 2.75) is 13.3 Å². The third kappa shape index (κ3) is 3.48. The lowest BCUT2D eigenvalue weighted by atomic mass is 10.1. The van der Waals surface area contributed by atoms with Gasteiger partial charge in [0.15, 0.2) is 5.65 Å². The van der Waals surface area contributed by atoms with Crippen LogP contribution in [0.15, 0.2) is 36.7 Å². The van der Waals surface area contributed by atoms with Crippen LogP contribution < -0.4 is 4.90 Å². The second-order valence-corrected chi connectivity index (χ2v) is 6.94. The fourth-order valence-electron chi connectivity index (χ4n) is 3.27. The maximum absolute atomic E-state index is 12.6. The Morgan fingerprint density at radius 1 is 1.15 bits per heavy atom. The van der Waals surface area contributed by atoms with E-state index in [4.69, 9.17) is 11.6 Å². The molecular weight excluding hydrogens is 352 g/mol. The minimum atomic E-state index is 0.133. The van der Waals surface area contributed by atoms with E-state index in [1.165, 1.54) is 0 Å². The highest BCUT2D eigenvalue weighted by atomic mass is 35.5. The van der Waals surface area contributed by atoms with Crippen LogP contribution in [0.4, 0.5) is 5.82 Å². The van der Waals surface area contributed by atoms with E-state index in [0.29, 0.717) is 24.5 Å². The lowest BCUT2D eigenvalue weighted by Crippen LogP contribution is -2.49. The molecule has 3 heterocycles. The van der Waals surface area contributed by atoms with Gasteiger partial charge in [-0.05, 0) is 42.3 Å². The molecule has 0 spiro atoms. The van der Waals surface area contributed by atoms with Crippen LogP contribution in [0.25, 0.3) is 5.65 Å². The van der Waals surface area contributed by atoms with Gasteiger partial charge in [0, 0.05) is 31.2 Å². The number of benzene rings is 1. The number of carbonyl (C=O) groups excluding carboxylic acids is 1. The van der Waals surface area contributed by atoms with Gasteiger partial charge in [-0.25, -0.2) is 0 Å². The van der Waals surface area contributed by atoms with E-state index < -0.39 is 0 Å². The first kappa shape index (κ1) is 16.8. The smallest absolute Gasteiger partial charge is 0.227 e. The fraction of sp³-hybridized carbons (Fsp3) is 0.333. The highest BCUT2D eigenvalue weighted by molar-refractivity contribution is 6.30. The van der Waals surface area contributed by atoms with Crippen LogP contribution in [0, 0.1) is 6.92 Å². The summed E-state index contributed by atoms with van der Waals surface area (Å²) in [5, 5.41) is 13.0. The molecule has 0 aliphatic carbocycles. The molecule has 0 atom stereocenters. The molecule has 0 N–H and O–H groups in total. The molecule has 0 radical (unpaired) electrons. The summed E-state index contributed by atoms with van der Waals surface area (Å²) >= 11 is 6.09. The summed E-state index contributed by atoms with van der Waals surface area (Å²) in [4.78, 5) is 16.7. The summed E-state index contributed by atoms with van der Waals surface area (Å²) in [6.07, 6.45) is 1.97. The van der Waals surface area contributed by atoms with Gasteiger partial charge in [0.05, 0.1) is 6.42 Å². The number of halogens is 1. The van der Waals surface area contributed by atoms with E-state index in [9.17, 15) is 4.79 Å². The first-order valence-electron chi connectivity index (χ1n) is 8.54. The largest absolute Gasteiger partial charge is 0.352 e. The Hall–Kier alpha value is -2.67. The second kappa shape index (κ2) is 6.92. The van der Waals surface area contributed by atoms with Crippen LogP contribution in [0.3, 0.4) is 0 Å². The van der Waals surface area contributed by atoms with Gasteiger partial charge in [-0.1, -0.05) is 17.7 Å². The third-order valence-electron chi connectivity index (χ3n) is 4.56. The van der Waals surface area contributed by atoms with Crippen molar-refractivity contribution in [3.63, 3.8) is 0 Å². The van der Waals surface area contributed by atoms with Crippen molar-refractivity contribution >= 4 is 29.0 Å². The second-order valence-electron chi connectivity index (χ2n) is 6.51. The van der Waals surface area contributed by atoms with Crippen molar-refractivity contribution in [1.29, 1.82) is 0 Å². The quantitative estimate of drug-likeness (QED) is 0.705. The highest BCUT2D eigenvalue weighted by Gasteiger charge is 2.22. The third-order valence-corrected chi connectivity index (χ3v) is 4.78. The topological polar surface area (TPSA) is 66.6 Å². The summed E-state index contributed by atoms with van der Waals surface area (Å²) in [7, 11) is 0. The van der Waals surface area contributed by atoms with Gasteiger partial charge in [0.25, 0.3) is 0 Å². The van der Waals surface area contributed by atoms with Gasteiger partial charge in [0.2, 0.25) is 5.91 Å². The van der Waals surface area contributed by atoms with Crippen molar-refractivity contribution in [2.75, 3.05) is 31.1 Å². The number of anilines is 1. The molecule has 0 saturated carbocycles. The molecule has 3 aromatic rings. The Kier molecular flexibility index (Phi) is 4.46. The van der Waals surface area contributed by atoms with E-state index in [-0.39, 0.29) is 5.91 Å². The van der Waals surface area contributed by atoms with Crippen LogP contribution >= 0.6 is 11.6 Å². The Bertz CT molecular complexity index is 928. The van der Waals surface area contributed by atoms with Gasteiger partial charge < -0.3 is 9.80 Å². The van der Waals surface area contributed by atoms with Gasteiger partial charge in [-0.15, -0.1) is 15.3 Å². The summed E-state index contributed by atoms with van der Waals surface area (Å²) in [5.41, 5.74) is 2.75. The van der Waals surface area contributed by atoms with Crippen molar-refractivity contribution in [1.82, 2.24) is 24.7 Å². The van der Waals surface area contributed by atoms with Crippen LogP contribution in [0.2, 0.25) is 5.02 Å². The van der Waals surface area contributed by atoms with Gasteiger partial charge in [-0.3, -0.25) is 4.79 Å². The minimum Gasteiger partial charge on any atom is -0.352 e. The number of aromatic nitrogens is 4. The number of hydrogen-bond donors (Lipinski definition) is 0. The summed E-state index contributed by atoms with van der Waals surface area (Å²) in [6.45, 7) is 4.85. The molecule has 1 aliphatic heterocycles. The Morgan fingerprint density at radius 3 is 2.73 bits per heavy atom. The van der Waals surface area contributed by atoms with Crippen LogP contribution in [0.5, 0.6) is 0 Å². The van der Waals surface area contributed by atoms with E-state index in [0.717, 1.165) is 35.7 Å².